The molecule has 0 heterocycles. The number of halogens is 2. The summed E-state index contributed by atoms with van der Waals surface area (Å²) in [4.78, 5) is 4.44. The van der Waals surface area contributed by atoms with Crippen LogP contribution in [-0.2, 0) is 0 Å². The average Bonchev–Trinajstić information content (AvgIpc) is 2.57. The van der Waals surface area contributed by atoms with Gasteiger partial charge in [0.2, 0.25) is 0 Å². The molecule has 24 heavy (non-hydrogen) atoms. The molecule has 0 radical (unpaired) electrons. The number of benzene rings is 2. The van der Waals surface area contributed by atoms with E-state index in [4.69, 9.17) is 32.7 Å². The molecule has 0 unspecified atom stereocenters. The first-order valence-electron chi connectivity index (χ1n) is 7.79. The van der Waals surface area contributed by atoms with Crippen molar-refractivity contribution in [3.63, 3.8) is 0 Å². The molecule has 0 aromatic heterocycles. The minimum Gasteiger partial charge on any atom is -0.493 e. The predicted molar refractivity (Wildman–Crippen MR) is 102 cm³/mol. The van der Waals surface area contributed by atoms with Crippen LogP contribution in [0.1, 0.15) is 31.4 Å². The fourth-order valence-corrected chi connectivity index (χ4v) is 2.46. The largest absolute Gasteiger partial charge is 0.493 e. The first-order valence-corrected chi connectivity index (χ1v) is 8.54. The lowest BCUT2D eigenvalue weighted by Crippen LogP contribution is -2.11. The number of nitrogens with zero attached hydrogens (tertiary/aromatic N) is 1. The van der Waals surface area contributed by atoms with Crippen molar-refractivity contribution in [1.29, 1.82) is 0 Å². The lowest BCUT2D eigenvalue weighted by molar-refractivity contribution is 0.208. The van der Waals surface area contributed by atoms with Gasteiger partial charge in [-0.1, -0.05) is 36.2 Å². The van der Waals surface area contributed by atoms with Gasteiger partial charge in [-0.3, -0.25) is 4.99 Å². The van der Waals surface area contributed by atoms with Crippen molar-refractivity contribution in [3.8, 4) is 11.5 Å². The fourth-order valence-electron chi connectivity index (χ4n) is 2.02. The Labute approximate surface area is 153 Å². The Morgan fingerprint density at radius 1 is 1.17 bits per heavy atom. The van der Waals surface area contributed by atoms with E-state index in [1.165, 1.54) is 0 Å². The second kappa shape index (κ2) is 8.41. The van der Waals surface area contributed by atoms with E-state index in [0.717, 1.165) is 23.2 Å². The predicted octanol–water partition coefficient (Wildman–Crippen LogP) is 6.24. The Kier molecular flexibility index (Phi) is 6.52. The summed E-state index contributed by atoms with van der Waals surface area (Å²) in [5.74, 6) is 1.15. The molecule has 0 aliphatic carbocycles. The SMILES string of the molecule is CC[C@H](C)Oc1c(Cl)cc(C=Nc2ccc(C)c(Cl)c2)cc1OC. The number of ether oxygens (including phenoxy) is 2. The third kappa shape index (κ3) is 4.65. The van der Waals surface area contributed by atoms with E-state index in [1.807, 2.05) is 38.1 Å². The van der Waals surface area contributed by atoms with Crippen LogP contribution in [-0.4, -0.2) is 19.4 Å². The number of rotatable bonds is 6. The maximum Gasteiger partial charge on any atom is 0.180 e. The lowest BCUT2D eigenvalue weighted by Gasteiger charge is -2.17. The normalized spacial score (nSPS) is 12.4. The second-order valence-electron chi connectivity index (χ2n) is 5.56. The van der Waals surface area contributed by atoms with Crippen LogP contribution >= 0.6 is 23.2 Å². The highest BCUT2D eigenvalue weighted by atomic mass is 35.5. The van der Waals surface area contributed by atoms with Gasteiger partial charge in [-0.2, -0.15) is 0 Å². The first kappa shape index (κ1) is 18.6. The standard InChI is InChI=1S/C19H21Cl2NO2/c1-5-13(3)24-19-17(21)8-14(9-18(19)23-4)11-22-15-7-6-12(2)16(20)10-15/h6-11,13H,5H2,1-4H3/t13-/m0/s1. The number of hydrogen-bond acceptors (Lipinski definition) is 3. The molecule has 2 rings (SSSR count). The van der Waals surface area contributed by atoms with E-state index in [0.29, 0.717) is 21.5 Å². The van der Waals surface area contributed by atoms with Gasteiger partial charge in [0.15, 0.2) is 11.5 Å². The van der Waals surface area contributed by atoms with Crippen molar-refractivity contribution in [1.82, 2.24) is 0 Å². The summed E-state index contributed by atoms with van der Waals surface area (Å²) < 4.78 is 11.3. The van der Waals surface area contributed by atoms with Crippen LogP contribution in [0.5, 0.6) is 11.5 Å². The zero-order valence-electron chi connectivity index (χ0n) is 14.3. The van der Waals surface area contributed by atoms with E-state index in [-0.39, 0.29) is 6.10 Å². The minimum atomic E-state index is 0.0608. The molecule has 0 saturated carbocycles. The van der Waals surface area contributed by atoms with Gasteiger partial charge in [-0.15, -0.1) is 0 Å². The summed E-state index contributed by atoms with van der Waals surface area (Å²) in [6.45, 7) is 6.00. The summed E-state index contributed by atoms with van der Waals surface area (Å²) in [7, 11) is 1.59. The Morgan fingerprint density at radius 2 is 1.92 bits per heavy atom. The highest BCUT2D eigenvalue weighted by molar-refractivity contribution is 6.32. The van der Waals surface area contributed by atoms with E-state index >= 15 is 0 Å². The Morgan fingerprint density at radius 3 is 2.54 bits per heavy atom. The second-order valence-corrected chi connectivity index (χ2v) is 6.38. The molecule has 0 spiro atoms. The van der Waals surface area contributed by atoms with Crippen molar-refractivity contribution < 1.29 is 9.47 Å². The summed E-state index contributed by atoms with van der Waals surface area (Å²) in [6, 6.07) is 9.33. The first-order chi connectivity index (χ1) is 11.4. The highest BCUT2D eigenvalue weighted by Gasteiger charge is 2.14. The summed E-state index contributed by atoms with van der Waals surface area (Å²) in [5, 5.41) is 1.19. The molecule has 3 nitrogen and oxygen atoms in total. The minimum absolute atomic E-state index is 0.0608. The van der Waals surface area contributed by atoms with Crippen molar-refractivity contribution in [2.45, 2.75) is 33.3 Å². The number of aliphatic imine (C=N–C) groups is 1. The molecule has 128 valence electrons. The topological polar surface area (TPSA) is 30.8 Å². The monoisotopic (exact) mass is 365 g/mol. The summed E-state index contributed by atoms with van der Waals surface area (Å²) in [5.41, 5.74) is 2.62. The Hall–Kier alpha value is -1.71. The van der Waals surface area contributed by atoms with E-state index in [9.17, 15) is 0 Å². The smallest absolute Gasteiger partial charge is 0.180 e. The summed E-state index contributed by atoms with van der Waals surface area (Å²) in [6.07, 6.45) is 2.67. The molecular weight excluding hydrogens is 345 g/mol. The molecule has 5 heteroatoms. The van der Waals surface area contributed by atoms with Gasteiger partial charge in [-0.05, 0) is 55.7 Å². The molecule has 0 aliphatic heterocycles. The molecule has 1 atom stereocenters. The van der Waals surface area contributed by atoms with Crippen LogP contribution in [0.25, 0.3) is 0 Å². The van der Waals surface area contributed by atoms with Crippen LogP contribution in [0, 0.1) is 6.92 Å². The number of hydrogen-bond donors (Lipinski definition) is 0. The van der Waals surface area contributed by atoms with E-state index in [1.54, 1.807) is 19.4 Å². The van der Waals surface area contributed by atoms with Crippen molar-refractivity contribution in [2.24, 2.45) is 4.99 Å². The molecule has 2 aromatic carbocycles. The van der Waals surface area contributed by atoms with Gasteiger partial charge >= 0.3 is 0 Å². The molecule has 0 aliphatic rings. The van der Waals surface area contributed by atoms with Gasteiger partial charge in [0, 0.05) is 11.2 Å². The fraction of sp³-hybridized carbons (Fsp3) is 0.316. The molecule has 0 fully saturated rings. The van der Waals surface area contributed by atoms with Gasteiger partial charge in [0.1, 0.15) is 0 Å². The van der Waals surface area contributed by atoms with E-state index < -0.39 is 0 Å². The van der Waals surface area contributed by atoms with Crippen LogP contribution in [0.15, 0.2) is 35.3 Å². The Balaban J connectivity index is 2.29. The van der Waals surface area contributed by atoms with Crippen LogP contribution in [0.2, 0.25) is 10.0 Å². The lowest BCUT2D eigenvalue weighted by atomic mass is 10.2. The molecular formula is C19H21Cl2NO2. The zero-order valence-corrected chi connectivity index (χ0v) is 15.8. The molecule has 0 amide bonds. The maximum absolute atomic E-state index is 6.35. The van der Waals surface area contributed by atoms with Gasteiger partial charge in [0.25, 0.3) is 0 Å². The van der Waals surface area contributed by atoms with E-state index in [2.05, 4.69) is 11.9 Å². The average molecular weight is 366 g/mol. The van der Waals surface area contributed by atoms with Crippen molar-refractivity contribution >= 4 is 35.1 Å². The third-order valence-electron chi connectivity index (χ3n) is 3.66. The number of methoxy groups -OCH3 is 1. The van der Waals surface area contributed by atoms with Gasteiger partial charge in [0.05, 0.1) is 23.9 Å². The molecule has 0 bridgehead atoms. The van der Waals surface area contributed by atoms with Crippen LogP contribution in [0.3, 0.4) is 0 Å². The third-order valence-corrected chi connectivity index (χ3v) is 4.35. The Bertz CT molecular complexity index is 744. The highest BCUT2D eigenvalue weighted by Crippen LogP contribution is 2.37. The molecule has 0 saturated heterocycles. The van der Waals surface area contributed by atoms with Crippen LogP contribution in [0.4, 0.5) is 5.69 Å². The van der Waals surface area contributed by atoms with Crippen LogP contribution < -0.4 is 9.47 Å². The van der Waals surface area contributed by atoms with Gasteiger partial charge < -0.3 is 9.47 Å². The van der Waals surface area contributed by atoms with Crippen molar-refractivity contribution in [2.75, 3.05) is 7.11 Å². The van der Waals surface area contributed by atoms with Gasteiger partial charge in [-0.25, -0.2) is 0 Å². The van der Waals surface area contributed by atoms with Crippen molar-refractivity contribution in [3.05, 3.63) is 51.5 Å². The zero-order chi connectivity index (χ0) is 17.7. The number of aryl methyl sites for hydroxylation is 1. The maximum atomic E-state index is 6.35. The molecule has 0 N–H and O–H groups in total. The molecule has 2 aromatic rings. The quantitative estimate of drug-likeness (QED) is 0.567. The summed E-state index contributed by atoms with van der Waals surface area (Å²) >= 11 is 12.5.